The van der Waals surface area contributed by atoms with Crippen molar-refractivity contribution in [3.05, 3.63) is 35.5 Å². The molecule has 0 saturated carbocycles. The number of carboxylic acid groups (broad SMARTS) is 1. The van der Waals surface area contributed by atoms with E-state index in [4.69, 9.17) is 24.1 Å². The third-order valence-corrected chi connectivity index (χ3v) is 5.22. The number of ether oxygens (including phenoxy) is 4. The van der Waals surface area contributed by atoms with Crippen molar-refractivity contribution in [2.24, 2.45) is 0 Å². The molecule has 0 radical (unpaired) electrons. The second kappa shape index (κ2) is 8.53. The Hall–Kier alpha value is -2.78. The van der Waals surface area contributed by atoms with Gasteiger partial charge in [-0.1, -0.05) is 0 Å². The Labute approximate surface area is 175 Å². The first-order valence-corrected chi connectivity index (χ1v) is 9.66. The Morgan fingerprint density at radius 2 is 2.10 bits per heavy atom. The number of nitrogens with zero attached hydrogens (tertiary/aromatic N) is 1. The summed E-state index contributed by atoms with van der Waals surface area (Å²) in [7, 11) is 3.14. The van der Waals surface area contributed by atoms with Crippen molar-refractivity contribution in [3.63, 3.8) is 0 Å². The molecule has 2 aliphatic heterocycles. The van der Waals surface area contributed by atoms with Crippen molar-refractivity contribution in [1.82, 2.24) is 10.2 Å². The quantitative estimate of drug-likeness (QED) is 0.482. The Bertz CT molecular complexity index is 852. The van der Waals surface area contributed by atoms with E-state index in [-0.39, 0.29) is 18.1 Å². The van der Waals surface area contributed by atoms with E-state index >= 15 is 0 Å². The lowest BCUT2D eigenvalue weighted by Crippen LogP contribution is -2.73. The van der Waals surface area contributed by atoms with Gasteiger partial charge in [0.25, 0.3) is 0 Å². The van der Waals surface area contributed by atoms with Crippen LogP contribution in [0.3, 0.4) is 0 Å². The first-order chi connectivity index (χ1) is 14.1. The Morgan fingerprint density at radius 1 is 1.37 bits per heavy atom. The lowest BCUT2D eigenvalue weighted by Gasteiger charge is -2.50. The molecule has 9 nitrogen and oxygen atoms in total. The van der Waals surface area contributed by atoms with Gasteiger partial charge in [0.1, 0.15) is 23.6 Å². The fourth-order valence-electron chi connectivity index (χ4n) is 3.84. The molecule has 3 rings (SSSR count). The van der Waals surface area contributed by atoms with Gasteiger partial charge in [-0.05, 0) is 32.9 Å². The Balaban J connectivity index is 1.84. The summed E-state index contributed by atoms with van der Waals surface area (Å²) in [4.78, 5) is 25.6. The highest BCUT2D eigenvalue weighted by molar-refractivity contribution is 5.90. The number of allylic oxidation sites excluding steroid dienone is 1. The number of benzene rings is 1. The van der Waals surface area contributed by atoms with Gasteiger partial charge in [0.2, 0.25) is 5.91 Å². The van der Waals surface area contributed by atoms with Crippen molar-refractivity contribution < 1.29 is 33.6 Å². The molecule has 0 aromatic heterocycles. The number of carbonyl (C=O) groups is 2. The van der Waals surface area contributed by atoms with E-state index in [2.05, 4.69) is 5.32 Å². The van der Waals surface area contributed by atoms with Crippen LogP contribution >= 0.6 is 0 Å². The summed E-state index contributed by atoms with van der Waals surface area (Å²) < 4.78 is 22.4. The second-order valence-electron chi connectivity index (χ2n) is 7.79. The molecule has 30 heavy (non-hydrogen) atoms. The van der Waals surface area contributed by atoms with Crippen LogP contribution in [-0.2, 0) is 25.6 Å². The zero-order valence-electron chi connectivity index (χ0n) is 17.8. The minimum atomic E-state index is -1.08. The molecule has 0 bridgehead atoms. The normalized spacial score (nSPS) is 25.6. The smallest absolute Gasteiger partial charge is 0.330 e. The van der Waals surface area contributed by atoms with E-state index in [9.17, 15) is 9.59 Å². The zero-order chi connectivity index (χ0) is 22.1. The van der Waals surface area contributed by atoms with Crippen LogP contribution in [0.5, 0.6) is 11.5 Å². The highest BCUT2D eigenvalue weighted by Crippen LogP contribution is 2.36. The molecule has 2 N–H and O–H groups in total. The summed E-state index contributed by atoms with van der Waals surface area (Å²) in [5.74, 6) is -0.703. The van der Waals surface area contributed by atoms with Crippen LogP contribution in [-0.4, -0.2) is 66.7 Å². The fourth-order valence-corrected chi connectivity index (χ4v) is 3.84. The van der Waals surface area contributed by atoms with Gasteiger partial charge in [-0.2, -0.15) is 0 Å². The predicted molar refractivity (Wildman–Crippen MR) is 107 cm³/mol. The van der Waals surface area contributed by atoms with Gasteiger partial charge in [0.15, 0.2) is 5.79 Å². The standard InChI is InChI=1S/C21H28N2O7/c1-12(8-17(24)25)22-18-19(16-11-29-21(2,3)30-16)23(20(18)26)10-13-6-7-14(27-4)9-15(13)28-5/h6-9,16,18-19,22H,10-11H2,1-5H3,(H,24,25)/b12-8+/t16-,18-,19+/m0/s1. The van der Waals surface area contributed by atoms with Crippen LogP contribution in [0.4, 0.5) is 0 Å². The van der Waals surface area contributed by atoms with E-state index in [0.717, 1.165) is 11.6 Å². The van der Waals surface area contributed by atoms with Gasteiger partial charge in [-0.3, -0.25) is 4.79 Å². The van der Waals surface area contributed by atoms with Crippen molar-refractivity contribution in [2.45, 2.75) is 51.3 Å². The SMILES string of the molecule is COc1ccc(CN2C(=O)[C@@H](N/C(C)=C/C(=O)O)[C@H]2[C@@H]2COC(C)(C)O2)c(OC)c1. The number of carboxylic acids is 1. The molecule has 0 unspecified atom stereocenters. The van der Waals surface area contributed by atoms with E-state index in [1.165, 1.54) is 0 Å². The largest absolute Gasteiger partial charge is 0.497 e. The second-order valence-corrected chi connectivity index (χ2v) is 7.79. The first kappa shape index (κ1) is 21.9. The number of β-lactam (4-membered cyclic amide) rings is 1. The maximum Gasteiger partial charge on any atom is 0.330 e. The third-order valence-electron chi connectivity index (χ3n) is 5.22. The number of aliphatic carboxylic acids is 1. The predicted octanol–water partition coefficient (Wildman–Crippen LogP) is 1.51. The molecular weight excluding hydrogens is 392 g/mol. The summed E-state index contributed by atoms with van der Waals surface area (Å²) in [5.41, 5.74) is 1.22. The Morgan fingerprint density at radius 3 is 2.67 bits per heavy atom. The number of nitrogens with one attached hydrogen (secondary N) is 1. The highest BCUT2D eigenvalue weighted by Gasteiger charge is 2.54. The molecule has 0 spiro atoms. The third kappa shape index (κ3) is 4.52. The van der Waals surface area contributed by atoms with Gasteiger partial charge >= 0.3 is 5.97 Å². The molecule has 164 valence electrons. The van der Waals surface area contributed by atoms with Crippen LogP contribution in [0.2, 0.25) is 0 Å². The molecule has 1 aromatic rings. The van der Waals surface area contributed by atoms with Crippen LogP contribution in [0.25, 0.3) is 0 Å². The number of carbonyl (C=O) groups excluding carboxylic acids is 1. The van der Waals surface area contributed by atoms with Gasteiger partial charge in [0.05, 0.1) is 26.9 Å². The molecule has 3 atom stereocenters. The maximum atomic E-state index is 13.0. The average Bonchev–Trinajstić information content (AvgIpc) is 3.04. The fraction of sp³-hybridized carbons (Fsp3) is 0.524. The van der Waals surface area contributed by atoms with Crippen LogP contribution in [0.15, 0.2) is 30.0 Å². The van der Waals surface area contributed by atoms with E-state index in [1.807, 2.05) is 26.0 Å². The van der Waals surface area contributed by atoms with Crippen LogP contribution in [0, 0.1) is 0 Å². The molecule has 1 aromatic carbocycles. The monoisotopic (exact) mass is 420 g/mol. The number of hydrogen-bond acceptors (Lipinski definition) is 7. The lowest BCUT2D eigenvalue weighted by atomic mass is 9.89. The summed E-state index contributed by atoms with van der Waals surface area (Å²) in [6.45, 7) is 5.91. The van der Waals surface area contributed by atoms with Gasteiger partial charge in [0, 0.05) is 29.9 Å². The molecule has 2 aliphatic rings. The topological polar surface area (TPSA) is 107 Å². The summed E-state index contributed by atoms with van der Waals surface area (Å²) in [6, 6.07) is 4.50. The van der Waals surface area contributed by atoms with E-state index in [1.54, 1.807) is 32.1 Å². The zero-order valence-corrected chi connectivity index (χ0v) is 17.8. The van der Waals surface area contributed by atoms with Crippen LogP contribution < -0.4 is 14.8 Å². The summed E-state index contributed by atoms with van der Waals surface area (Å²) >= 11 is 0. The average molecular weight is 420 g/mol. The highest BCUT2D eigenvalue weighted by atomic mass is 16.7. The first-order valence-electron chi connectivity index (χ1n) is 9.66. The molecule has 1 amide bonds. The maximum absolute atomic E-state index is 13.0. The number of likely N-dealkylation sites (tertiary alicyclic amines) is 1. The molecule has 0 aliphatic carbocycles. The number of amides is 1. The molecule has 9 heteroatoms. The Kier molecular flexibility index (Phi) is 6.23. The van der Waals surface area contributed by atoms with Crippen molar-refractivity contribution >= 4 is 11.9 Å². The minimum Gasteiger partial charge on any atom is -0.497 e. The van der Waals surface area contributed by atoms with Gasteiger partial charge in [-0.25, -0.2) is 4.79 Å². The molecule has 2 saturated heterocycles. The van der Waals surface area contributed by atoms with Crippen molar-refractivity contribution in [3.8, 4) is 11.5 Å². The number of hydrogen-bond donors (Lipinski definition) is 2. The molecule has 2 fully saturated rings. The van der Waals surface area contributed by atoms with Crippen molar-refractivity contribution in [2.75, 3.05) is 20.8 Å². The minimum absolute atomic E-state index is 0.149. The van der Waals surface area contributed by atoms with Gasteiger partial charge in [-0.15, -0.1) is 0 Å². The molecule has 2 heterocycles. The van der Waals surface area contributed by atoms with Crippen LogP contribution in [0.1, 0.15) is 26.3 Å². The van der Waals surface area contributed by atoms with E-state index < -0.39 is 17.8 Å². The lowest BCUT2D eigenvalue weighted by molar-refractivity contribution is -0.174. The molecular formula is C21H28N2O7. The summed E-state index contributed by atoms with van der Waals surface area (Å²) in [6.07, 6.45) is 0.687. The number of rotatable bonds is 8. The number of methoxy groups -OCH3 is 2. The van der Waals surface area contributed by atoms with E-state index in [0.29, 0.717) is 30.3 Å². The summed E-state index contributed by atoms with van der Waals surface area (Å²) in [5, 5.41) is 12.0. The van der Waals surface area contributed by atoms with Crippen molar-refractivity contribution in [1.29, 1.82) is 0 Å². The van der Waals surface area contributed by atoms with Gasteiger partial charge < -0.3 is 34.3 Å².